The molecule has 4 heterocycles. The van der Waals surface area contributed by atoms with Crippen LogP contribution < -0.4 is 0 Å². The molecule has 0 aliphatic carbocycles. The number of carbonyl (C=O) groups excluding carboxylic acids is 1. The van der Waals surface area contributed by atoms with Crippen molar-refractivity contribution in [3.63, 3.8) is 0 Å². The highest BCUT2D eigenvalue weighted by molar-refractivity contribution is 6.35. The summed E-state index contributed by atoms with van der Waals surface area (Å²) in [5.41, 5.74) is 1.59. The summed E-state index contributed by atoms with van der Waals surface area (Å²) < 4.78 is 5.53. The standard InChI is InChI=1S/C23H23ClN2O3/c1-2-23(13-27)12-14-8-9-20(23)26(14)22(28)16-11-18(19-7-4-10-29-19)25-21-15(16)5-3-6-17(21)24/h3-7,10-11,14,20,27H,2,8-9,12-13H2,1H3/t14-,20+,23-/m0/s1. The minimum Gasteiger partial charge on any atom is -0.463 e. The third kappa shape index (κ3) is 2.71. The van der Waals surface area contributed by atoms with E-state index in [9.17, 15) is 9.90 Å². The molecule has 0 unspecified atom stereocenters. The first-order valence-electron chi connectivity index (χ1n) is 10.1. The molecular weight excluding hydrogens is 388 g/mol. The number of nitrogens with zero attached hydrogens (tertiary/aromatic N) is 2. The lowest BCUT2D eigenvalue weighted by atomic mass is 9.72. The van der Waals surface area contributed by atoms with Gasteiger partial charge in [-0.15, -0.1) is 0 Å². The largest absolute Gasteiger partial charge is 0.463 e. The van der Waals surface area contributed by atoms with Crippen LogP contribution in [0.2, 0.25) is 5.02 Å². The lowest BCUT2D eigenvalue weighted by Crippen LogP contribution is -2.42. The number of para-hydroxylation sites is 1. The van der Waals surface area contributed by atoms with Gasteiger partial charge in [-0.1, -0.05) is 30.7 Å². The van der Waals surface area contributed by atoms with Crippen molar-refractivity contribution in [3.8, 4) is 11.5 Å². The summed E-state index contributed by atoms with van der Waals surface area (Å²) in [6.45, 7) is 2.23. The highest BCUT2D eigenvalue weighted by Crippen LogP contribution is 2.52. The summed E-state index contributed by atoms with van der Waals surface area (Å²) >= 11 is 6.44. The number of amides is 1. The Morgan fingerprint density at radius 3 is 2.90 bits per heavy atom. The summed E-state index contributed by atoms with van der Waals surface area (Å²) in [6.07, 6.45) is 5.26. The molecule has 1 aromatic carbocycles. The maximum Gasteiger partial charge on any atom is 0.255 e. The summed E-state index contributed by atoms with van der Waals surface area (Å²) in [5.74, 6) is 0.590. The zero-order valence-electron chi connectivity index (χ0n) is 16.3. The number of hydrogen-bond donors (Lipinski definition) is 1. The molecule has 2 saturated heterocycles. The van der Waals surface area contributed by atoms with Crippen LogP contribution in [0, 0.1) is 5.41 Å². The molecule has 150 valence electrons. The van der Waals surface area contributed by atoms with Crippen molar-refractivity contribution in [2.24, 2.45) is 5.41 Å². The first kappa shape index (κ1) is 18.6. The maximum atomic E-state index is 13.8. The summed E-state index contributed by atoms with van der Waals surface area (Å²) in [5, 5.41) is 11.4. The highest BCUT2D eigenvalue weighted by atomic mass is 35.5. The fraction of sp³-hybridized carbons (Fsp3) is 0.391. The Balaban J connectivity index is 1.65. The molecule has 1 amide bonds. The first-order chi connectivity index (χ1) is 14.1. The fourth-order valence-corrected chi connectivity index (χ4v) is 5.56. The van der Waals surface area contributed by atoms with Gasteiger partial charge in [0.25, 0.3) is 5.91 Å². The zero-order chi connectivity index (χ0) is 20.2. The van der Waals surface area contributed by atoms with Gasteiger partial charge in [-0.25, -0.2) is 4.98 Å². The highest BCUT2D eigenvalue weighted by Gasteiger charge is 2.56. The quantitative estimate of drug-likeness (QED) is 0.663. The monoisotopic (exact) mass is 410 g/mol. The van der Waals surface area contributed by atoms with E-state index in [1.54, 1.807) is 18.4 Å². The Bertz CT molecular complexity index is 1080. The van der Waals surface area contributed by atoms with Gasteiger partial charge in [0.1, 0.15) is 5.69 Å². The number of aliphatic hydroxyl groups excluding tert-OH is 1. The van der Waals surface area contributed by atoms with Gasteiger partial charge in [-0.05, 0) is 49.9 Å². The molecule has 2 fully saturated rings. The SMILES string of the molecule is CC[C@@]1(CO)C[C@@H]2CC[C@H]1N2C(=O)c1cc(-c2ccco2)nc2c(Cl)cccc12. The van der Waals surface area contributed by atoms with Crippen molar-refractivity contribution in [2.45, 2.75) is 44.7 Å². The predicted octanol–water partition coefficient (Wildman–Crippen LogP) is 4.91. The van der Waals surface area contributed by atoms with Crippen molar-refractivity contribution in [1.82, 2.24) is 9.88 Å². The molecule has 3 aromatic rings. The van der Waals surface area contributed by atoms with E-state index < -0.39 is 0 Å². The minimum absolute atomic E-state index is 0.0104. The van der Waals surface area contributed by atoms with Gasteiger partial charge in [0.05, 0.1) is 29.0 Å². The van der Waals surface area contributed by atoms with Gasteiger partial charge in [0, 0.05) is 22.9 Å². The average Bonchev–Trinajstić information content (AvgIpc) is 3.48. The van der Waals surface area contributed by atoms with E-state index in [4.69, 9.17) is 16.0 Å². The van der Waals surface area contributed by atoms with E-state index in [1.807, 2.05) is 29.2 Å². The Morgan fingerprint density at radius 1 is 1.34 bits per heavy atom. The first-order valence-corrected chi connectivity index (χ1v) is 10.5. The summed E-state index contributed by atoms with van der Waals surface area (Å²) in [4.78, 5) is 20.5. The van der Waals surface area contributed by atoms with E-state index in [2.05, 4.69) is 11.9 Å². The third-order valence-electron chi connectivity index (χ3n) is 6.90. The number of aromatic nitrogens is 1. The number of rotatable bonds is 4. The average molecular weight is 411 g/mol. The van der Waals surface area contributed by atoms with E-state index in [0.29, 0.717) is 27.6 Å². The van der Waals surface area contributed by atoms with Crippen LogP contribution in [0.15, 0.2) is 47.1 Å². The predicted molar refractivity (Wildman–Crippen MR) is 112 cm³/mol. The van der Waals surface area contributed by atoms with Gasteiger partial charge in [-0.3, -0.25) is 4.79 Å². The molecule has 0 radical (unpaired) electrons. The maximum absolute atomic E-state index is 13.8. The molecule has 2 bridgehead atoms. The van der Waals surface area contributed by atoms with Crippen LogP contribution in [0.1, 0.15) is 43.0 Å². The second-order valence-corrected chi connectivity index (χ2v) is 8.61. The molecule has 6 heteroatoms. The van der Waals surface area contributed by atoms with Crippen molar-refractivity contribution in [3.05, 3.63) is 53.2 Å². The minimum atomic E-state index is -0.192. The molecule has 2 aliphatic heterocycles. The summed E-state index contributed by atoms with van der Waals surface area (Å²) in [6, 6.07) is 11.2. The molecule has 1 N–H and O–H groups in total. The van der Waals surface area contributed by atoms with Crippen molar-refractivity contribution in [1.29, 1.82) is 0 Å². The topological polar surface area (TPSA) is 66.6 Å². The molecule has 3 atom stereocenters. The Labute approximate surface area is 174 Å². The van der Waals surface area contributed by atoms with Crippen LogP contribution in [0.5, 0.6) is 0 Å². The molecule has 5 rings (SSSR count). The van der Waals surface area contributed by atoms with Crippen molar-refractivity contribution >= 4 is 28.4 Å². The van der Waals surface area contributed by atoms with Crippen LogP contribution in [0.25, 0.3) is 22.4 Å². The lowest BCUT2D eigenvalue weighted by Gasteiger charge is -2.34. The Hall–Kier alpha value is -2.37. The van der Waals surface area contributed by atoms with Crippen molar-refractivity contribution < 1.29 is 14.3 Å². The smallest absolute Gasteiger partial charge is 0.255 e. The Morgan fingerprint density at radius 2 is 2.21 bits per heavy atom. The summed E-state index contributed by atoms with van der Waals surface area (Å²) in [7, 11) is 0. The number of benzene rings is 1. The van der Waals surface area contributed by atoms with Crippen LogP contribution in [0.3, 0.4) is 0 Å². The van der Waals surface area contributed by atoms with E-state index >= 15 is 0 Å². The fourth-order valence-electron chi connectivity index (χ4n) is 5.34. The third-order valence-corrected chi connectivity index (χ3v) is 7.20. The molecule has 0 spiro atoms. The zero-order valence-corrected chi connectivity index (χ0v) is 17.0. The van der Waals surface area contributed by atoms with Crippen LogP contribution in [-0.4, -0.2) is 39.6 Å². The van der Waals surface area contributed by atoms with Gasteiger partial charge in [0.15, 0.2) is 5.76 Å². The number of halogens is 1. The van der Waals surface area contributed by atoms with E-state index in [-0.39, 0.29) is 30.0 Å². The normalized spacial score (nSPS) is 25.8. The molecular formula is C23H23ClN2O3. The number of carbonyl (C=O) groups is 1. The number of fused-ring (bicyclic) bond motifs is 3. The van der Waals surface area contributed by atoms with Gasteiger partial charge in [0.2, 0.25) is 0 Å². The van der Waals surface area contributed by atoms with Crippen LogP contribution in [0.4, 0.5) is 0 Å². The molecule has 2 aromatic heterocycles. The number of aliphatic hydroxyl groups is 1. The lowest BCUT2D eigenvalue weighted by molar-refractivity contribution is 0.0558. The number of furan rings is 1. The number of hydrogen-bond acceptors (Lipinski definition) is 4. The molecule has 29 heavy (non-hydrogen) atoms. The van der Waals surface area contributed by atoms with Gasteiger partial charge in [-0.2, -0.15) is 0 Å². The van der Waals surface area contributed by atoms with Crippen LogP contribution in [-0.2, 0) is 0 Å². The second-order valence-electron chi connectivity index (χ2n) is 8.21. The number of pyridine rings is 1. The van der Waals surface area contributed by atoms with E-state index in [1.165, 1.54) is 0 Å². The molecule has 2 aliphatic rings. The van der Waals surface area contributed by atoms with E-state index in [0.717, 1.165) is 31.1 Å². The Kier molecular flexibility index (Phi) is 4.41. The second kappa shape index (κ2) is 6.85. The van der Waals surface area contributed by atoms with Gasteiger partial charge >= 0.3 is 0 Å². The molecule has 0 saturated carbocycles. The van der Waals surface area contributed by atoms with Gasteiger partial charge < -0.3 is 14.4 Å². The van der Waals surface area contributed by atoms with Crippen molar-refractivity contribution in [2.75, 3.05) is 6.61 Å². The molecule has 5 nitrogen and oxygen atoms in total. The van der Waals surface area contributed by atoms with Crippen LogP contribution >= 0.6 is 11.6 Å².